The smallest absolute Gasteiger partial charge is 0.251 e. The zero-order chi connectivity index (χ0) is 17.5. The lowest BCUT2D eigenvalue weighted by atomic mass is 10.2. The van der Waals surface area contributed by atoms with Gasteiger partial charge in [0.25, 0.3) is 5.91 Å². The van der Waals surface area contributed by atoms with Gasteiger partial charge in [0.1, 0.15) is 0 Å². The van der Waals surface area contributed by atoms with Gasteiger partial charge in [-0.2, -0.15) is 0 Å². The first-order valence-corrected chi connectivity index (χ1v) is 7.94. The minimum atomic E-state index is -0.182. The second kappa shape index (κ2) is 7.92. The average Bonchev–Trinajstić information content (AvgIpc) is 3.18. The van der Waals surface area contributed by atoms with Crippen molar-refractivity contribution in [3.63, 3.8) is 0 Å². The van der Waals surface area contributed by atoms with Crippen LogP contribution in [0.15, 0.2) is 73.3 Å². The van der Waals surface area contributed by atoms with Crippen molar-refractivity contribution in [1.82, 2.24) is 14.9 Å². The Balaban J connectivity index is 1.45. The lowest BCUT2D eigenvalue weighted by molar-refractivity contribution is -0.116. The van der Waals surface area contributed by atoms with E-state index in [1.54, 1.807) is 36.8 Å². The van der Waals surface area contributed by atoms with E-state index in [9.17, 15) is 9.59 Å². The Morgan fingerprint density at radius 3 is 2.44 bits per heavy atom. The summed E-state index contributed by atoms with van der Waals surface area (Å²) in [4.78, 5) is 27.8. The standard InChI is InChI=1S/C19H18N4O2/c24-18(10-11-21-19(25)15-4-2-1-3-5-15)22-16-6-8-17(9-7-16)23-13-12-20-14-23/h1-9,12-14H,10-11H2,(H,21,25)(H,22,24). The van der Waals surface area contributed by atoms with Crippen LogP contribution < -0.4 is 10.6 Å². The molecule has 0 spiro atoms. The van der Waals surface area contributed by atoms with Crippen LogP contribution in [0.25, 0.3) is 5.69 Å². The van der Waals surface area contributed by atoms with Crippen LogP contribution in [-0.4, -0.2) is 27.9 Å². The van der Waals surface area contributed by atoms with Crippen LogP contribution in [0.5, 0.6) is 0 Å². The monoisotopic (exact) mass is 334 g/mol. The predicted molar refractivity (Wildman–Crippen MR) is 95.6 cm³/mol. The van der Waals surface area contributed by atoms with Gasteiger partial charge >= 0.3 is 0 Å². The number of nitrogens with zero attached hydrogens (tertiary/aromatic N) is 2. The Kier molecular flexibility index (Phi) is 5.21. The highest BCUT2D eigenvalue weighted by molar-refractivity contribution is 5.95. The molecule has 0 unspecified atom stereocenters. The number of amides is 2. The van der Waals surface area contributed by atoms with Gasteiger partial charge in [-0.25, -0.2) is 4.98 Å². The summed E-state index contributed by atoms with van der Waals surface area (Å²) in [6, 6.07) is 16.4. The van der Waals surface area contributed by atoms with E-state index in [1.807, 2.05) is 41.1 Å². The van der Waals surface area contributed by atoms with Gasteiger partial charge in [-0.3, -0.25) is 9.59 Å². The van der Waals surface area contributed by atoms with E-state index in [1.165, 1.54) is 0 Å². The molecule has 0 radical (unpaired) electrons. The van der Waals surface area contributed by atoms with Crippen molar-refractivity contribution in [3.8, 4) is 5.69 Å². The highest BCUT2D eigenvalue weighted by atomic mass is 16.2. The van der Waals surface area contributed by atoms with Gasteiger partial charge in [-0.05, 0) is 36.4 Å². The largest absolute Gasteiger partial charge is 0.352 e. The molecule has 6 heteroatoms. The summed E-state index contributed by atoms with van der Waals surface area (Å²) in [6.45, 7) is 0.284. The molecule has 0 bridgehead atoms. The maximum atomic E-state index is 12.0. The maximum absolute atomic E-state index is 12.0. The van der Waals surface area contributed by atoms with E-state index in [0.717, 1.165) is 5.69 Å². The molecule has 1 heterocycles. The molecule has 0 aliphatic heterocycles. The van der Waals surface area contributed by atoms with E-state index in [2.05, 4.69) is 15.6 Å². The fraction of sp³-hybridized carbons (Fsp3) is 0.105. The number of hydrogen-bond donors (Lipinski definition) is 2. The number of benzene rings is 2. The van der Waals surface area contributed by atoms with Crippen LogP contribution in [0.2, 0.25) is 0 Å². The van der Waals surface area contributed by atoms with Crippen LogP contribution in [0.1, 0.15) is 16.8 Å². The first kappa shape index (κ1) is 16.4. The molecule has 0 fully saturated rings. The predicted octanol–water partition coefficient (Wildman–Crippen LogP) is 2.63. The van der Waals surface area contributed by atoms with Crippen molar-refractivity contribution in [3.05, 3.63) is 78.9 Å². The van der Waals surface area contributed by atoms with Crippen LogP contribution in [0, 0.1) is 0 Å². The van der Waals surface area contributed by atoms with Crippen molar-refractivity contribution < 1.29 is 9.59 Å². The topological polar surface area (TPSA) is 76.0 Å². The zero-order valence-electron chi connectivity index (χ0n) is 13.6. The number of carbonyl (C=O) groups excluding carboxylic acids is 2. The molecule has 126 valence electrons. The van der Waals surface area contributed by atoms with Crippen LogP contribution in [0.3, 0.4) is 0 Å². The Bertz CT molecular complexity index is 828. The van der Waals surface area contributed by atoms with Gasteiger partial charge < -0.3 is 15.2 Å². The molecule has 3 aromatic rings. The summed E-state index contributed by atoms with van der Waals surface area (Å²) in [5.74, 6) is -0.332. The summed E-state index contributed by atoms with van der Waals surface area (Å²) >= 11 is 0. The summed E-state index contributed by atoms with van der Waals surface area (Å²) in [5, 5.41) is 5.55. The number of anilines is 1. The number of nitrogens with one attached hydrogen (secondary N) is 2. The van der Waals surface area contributed by atoms with Gasteiger partial charge in [0.15, 0.2) is 0 Å². The van der Waals surface area contributed by atoms with Gasteiger partial charge in [0.05, 0.1) is 6.33 Å². The second-order valence-corrected chi connectivity index (χ2v) is 5.44. The molecule has 0 saturated heterocycles. The first-order chi connectivity index (χ1) is 12.2. The number of aromatic nitrogens is 2. The van der Waals surface area contributed by atoms with Gasteiger partial charge in [-0.15, -0.1) is 0 Å². The van der Waals surface area contributed by atoms with E-state index in [-0.39, 0.29) is 24.8 Å². The third-order valence-electron chi connectivity index (χ3n) is 3.63. The molecule has 0 atom stereocenters. The lowest BCUT2D eigenvalue weighted by Crippen LogP contribution is -2.27. The summed E-state index contributed by atoms with van der Waals surface area (Å²) in [6.07, 6.45) is 5.48. The third kappa shape index (κ3) is 4.54. The Labute approximate surface area is 145 Å². The average molecular weight is 334 g/mol. The highest BCUT2D eigenvalue weighted by Gasteiger charge is 2.06. The summed E-state index contributed by atoms with van der Waals surface area (Å²) in [5.41, 5.74) is 2.26. The number of carbonyl (C=O) groups is 2. The minimum absolute atomic E-state index is 0.149. The summed E-state index contributed by atoms with van der Waals surface area (Å²) in [7, 11) is 0. The van der Waals surface area contributed by atoms with E-state index >= 15 is 0 Å². The number of rotatable bonds is 6. The molecule has 0 aliphatic carbocycles. The Morgan fingerprint density at radius 2 is 1.76 bits per heavy atom. The second-order valence-electron chi connectivity index (χ2n) is 5.44. The normalized spacial score (nSPS) is 10.2. The van der Waals surface area contributed by atoms with Crippen LogP contribution >= 0.6 is 0 Å². The van der Waals surface area contributed by atoms with Crippen molar-refractivity contribution in [2.24, 2.45) is 0 Å². The van der Waals surface area contributed by atoms with Crippen LogP contribution in [0.4, 0.5) is 5.69 Å². The fourth-order valence-corrected chi connectivity index (χ4v) is 2.33. The van der Waals surface area contributed by atoms with E-state index in [4.69, 9.17) is 0 Å². The minimum Gasteiger partial charge on any atom is -0.352 e. The molecule has 2 aromatic carbocycles. The molecule has 0 aliphatic rings. The Hall–Kier alpha value is -3.41. The van der Waals surface area contributed by atoms with Crippen molar-refractivity contribution in [2.75, 3.05) is 11.9 Å². The van der Waals surface area contributed by atoms with E-state index in [0.29, 0.717) is 11.3 Å². The molecule has 6 nitrogen and oxygen atoms in total. The fourth-order valence-electron chi connectivity index (χ4n) is 2.33. The van der Waals surface area contributed by atoms with Crippen molar-refractivity contribution >= 4 is 17.5 Å². The maximum Gasteiger partial charge on any atom is 0.251 e. The van der Waals surface area contributed by atoms with Crippen molar-refractivity contribution in [2.45, 2.75) is 6.42 Å². The van der Waals surface area contributed by atoms with Crippen molar-refractivity contribution in [1.29, 1.82) is 0 Å². The lowest BCUT2D eigenvalue weighted by Gasteiger charge is -2.08. The van der Waals surface area contributed by atoms with Crippen LogP contribution in [-0.2, 0) is 4.79 Å². The van der Waals surface area contributed by atoms with E-state index < -0.39 is 0 Å². The molecule has 25 heavy (non-hydrogen) atoms. The SMILES string of the molecule is O=C(CCNC(=O)c1ccccc1)Nc1ccc(-n2ccnc2)cc1. The quantitative estimate of drug-likeness (QED) is 0.727. The molecule has 0 saturated carbocycles. The summed E-state index contributed by atoms with van der Waals surface area (Å²) < 4.78 is 1.88. The highest BCUT2D eigenvalue weighted by Crippen LogP contribution is 2.13. The molecule has 1 aromatic heterocycles. The van der Waals surface area contributed by atoms with Gasteiger partial charge in [0.2, 0.25) is 5.91 Å². The molecular weight excluding hydrogens is 316 g/mol. The zero-order valence-corrected chi connectivity index (χ0v) is 13.6. The van der Waals surface area contributed by atoms with Gasteiger partial charge in [0, 0.05) is 42.3 Å². The van der Waals surface area contributed by atoms with Gasteiger partial charge in [-0.1, -0.05) is 18.2 Å². The molecular formula is C19H18N4O2. The molecule has 3 rings (SSSR count). The number of imidazole rings is 1. The molecule has 2 N–H and O–H groups in total. The number of hydrogen-bond acceptors (Lipinski definition) is 3. The molecule has 2 amide bonds. The Morgan fingerprint density at radius 1 is 1.00 bits per heavy atom. The first-order valence-electron chi connectivity index (χ1n) is 7.94. The third-order valence-corrected chi connectivity index (χ3v) is 3.63.